The fraction of sp³-hybridized carbons (Fsp3) is 0.467. The molecule has 3 nitrogen and oxygen atoms in total. The Morgan fingerprint density at radius 3 is 2.83 bits per heavy atom. The van der Waals surface area contributed by atoms with E-state index in [1.165, 1.54) is 17.7 Å². The van der Waals surface area contributed by atoms with Gasteiger partial charge >= 0.3 is 0 Å². The monoisotopic (exact) mass is 244 g/mol. The van der Waals surface area contributed by atoms with E-state index < -0.39 is 0 Å². The van der Waals surface area contributed by atoms with Crippen LogP contribution in [0.5, 0.6) is 5.75 Å². The van der Waals surface area contributed by atoms with Gasteiger partial charge in [-0.25, -0.2) is 0 Å². The van der Waals surface area contributed by atoms with E-state index in [9.17, 15) is 5.11 Å². The molecular formula is C15H20N2O. The minimum atomic E-state index is 0.420. The summed E-state index contributed by atoms with van der Waals surface area (Å²) >= 11 is 0. The molecule has 96 valence electrons. The summed E-state index contributed by atoms with van der Waals surface area (Å²) in [5, 5.41) is 11.2. The van der Waals surface area contributed by atoms with Gasteiger partial charge in [0.2, 0.25) is 0 Å². The number of rotatable bonds is 1. The molecule has 18 heavy (non-hydrogen) atoms. The predicted molar refractivity (Wildman–Crippen MR) is 74.1 cm³/mol. The number of aryl methyl sites for hydroxylation is 1. The molecule has 1 aromatic heterocycles. The fourth-order valence-corrected chi connectivity index (χ4v) is 3.23. The summed E-state index contributed by atoms with van der Waals surface area (Å²) < 4.78 is 2.25. The van der Waals surface area contributed by atoms with Crippen molar-refractivity contribution in [3.63, 3.8) is 0 Å². The van der Waals surface area contributed by atoms with Gasteiger partial charge in [-0.3, -0.25) is 0 Å². The van der Waals surface area contributed by atoms with Gasteiger partial charge in [-0.15, -0.1) is 0 Å². The Balaban J connectivity index is 2.21. The van der Waals surface area contributed by atoms with Crippen LogP contribution in [0.2, 0.25) is 0 Å². The van der Waals surface area contributed by atoms with Crippen molar-refractivity contribution < 1.29 is 5.11 Å². The third-order valence-electron chi connectivity index (χ3n) is 4.32. The summed E-state index contributed by atoms with van der Waals surface area (Å²) in [5.41, 5.74) is 3.89. The number of hydrogen-bond donors (Lipinski definition) is 1. The Hall–Kier alpha value is -1.48. The van der Waals surface area contributed by atoms with Gasteiger partial charge in [0.15, 0.2) is 0 Å². The average molecular weight is 244 g/mol. The molecule has 1 aliphatic rings. The summed E-state index contributed by atoms with van der Waals surface area (Å²) in [4.78, 5) is 2.29. The van der Waals surface area contributed by atoms with Gasteiger partial charge in [0.25, 0.3) is 0 Å². The lowest BCUT2D eigenvalue weighted by Gasteiger charge is -2.29. The number of nitrogens with zero attached hydrogens (tertiary/aromatic N) is 2. The van der Waals surface area contributed by atoms with Crippen LogP contribution in [0.15, 0.2) is 18.2 Å². The van der Waals surface area contributed by atoms with Crippen LogP contribution in [0.3, 0.4) is 0 Å². The van der Waals surface area contributed by atoms with E-state index >= 15 is 0 Å². The molecule has 2 aromatic rings. The smallest absolute Gasteiger partial charge is 0.125 e. The Kier molecular flexibility index (Phi) is 2.59. The van der Waals surface area contributed by atoms with Crippen LogP contribution in [-0.4, -0.2) is 34.7 Å². The van der Waals surface area contributed by atoms with Crippen molar-refractivity contribution >= 4 is 10.9 Å². The van der Waals surface area contributed by atoms with Gasteiger partial charge in [0.1, 0.15) is 5.75 Å². The maximum Gasteiger partial charge on any atom is 0.125 e. The topological polar surface area (TPSA) is 28.4 Å². The quantitative estimate of drug-likeness (QED) is 0.834. The Bertz CT molecular complexity index is 598. The number of hydrogen-bond acceptors (Lipinski definition) is 2. The number of benzene rings is 1. The second kappa shape index (κ2) is 4.02. The van der Waals surface area contributed by atoms with Crippen molar-refractivity contribution in [2.75, 3.05) is 14.1 Å². The highest BCUT2D eigenvalue weighted by Gasteiger charge is 2.26. The highest BCUT2D eigenvalue weighted by atomic mass is 16.3. The Morgan fingerprint density at radius 2 is 2.11 bits per heavy atom. The third kappa shape index (κ3) is 1.54. The predicted octanol–water partition coefficient (Wildman–Crippen LogP) is 2.30. The molecule has 0 bridgehead atoms. The van der Waals surface area contributed by atoms with Crippen molar-refractivity contribution in [3.8, 4) is 5.75 Å². The first-order chi connectivity index (χ1) is 8.59. The van der Waals surface area contributed by atoms with Crippen LogP contribution in [0.25, 0.3) is 10.9 Å². The van der Waals surface area contributed by atoms with Gasteiger partial charge in [-0.05, 0) is 51.1 Å². The molecule has 0 amide bonds. The zero-order chi connectivity index (χ0) is 12.9. The van der Waals surface area contributed by atoms with Crippen LogP contribution in [0.4, 0.5) is 0 Å². The van der Waals surface area contributed by atoms with Crippen molar-refractivity contribution in [1.29, 1.82) is 0 Å². The summed E-state index contributed by atoms with van der Waals surface area (Å²) in [6.45, 7) is 0. The first-order valence-electron chi connectivity index (χ1n) is 6.54. The van der Waals surface area contributed by atoms with Gasteiger partial charge < -0.3 is 14.6 Å². The second-order valence-electron chi connectivity index (χ2n) is 5.52. The Labute approximate surface area is 108 Å². The normalized spacial score (nSPS) is 19.4. The molecule has 0 fully saturated rings. The highest BCUT2D eigenvalue weighted by Crippen LogP contribution is 2.36. The number of aromatic hydroxyl groups is 1. The minimum Gasteiger partial charge on any atom is -0.507 e. The molecule has 3 heteroatoms. The number of likely N-dealkylation sites (N-methyl/N-ethyl adjacent to an activating group) is 1. The number of fused-ring (bicyclic) bond motifs is 3. The lowest BCUT2D eigenvalue weighted by Crippen LogP contribution is -2.33. The van der Waals surface area contributed by atoms with E-state index in [0.717, 1.165) is 23.7 Å². The van der Waals surface area contributed by atoms with Crippen LogP contribution in [0.1, 0.15) is 17.7 Å². The molecule has 0 saturated carbocycles. The zero-order valence-corrected chi connectivity index (χ0v) is 11.3. The number of phenolic OH excluding ortho intramolecular Hbond substituents is 1. The van der Waals surface area contributed by atoms with E-state index in [-0.39, 0.29) is 0 Å². The average Bonchev–Trinajstić information content (AvgIpc) is 2.64. The van der Waals surface area contributed by atoms with E-state index in [0.29, 0.717) is 11.8 Å². The van der Waals surface area contributed by atoms with Crippen LogP contribution >= 0.6 is 0 Å². The van der Waals surface area contributed by atoms with Crippen LogP contribution < -0.4 is 0 Å². The maximum atomic E-state index is 10.1. The maximum absolute atomic E-state index is 10.1. The van der Waals surface area contributed by atoms with Crippen LogP contribution in [0, 0.1) is 0 Å². The molecule has 1 atom stereocenters. The van der Waals surface area contributed by atoms with Gasteiger partial charge in [0, 0.05) is 24.2 Å². The summed E-state index contributed by atoms with van der Waals surface area (Å²) in [5.74, 6) is 0.420. The van der Waals surface area contributed by atoms with Gasteiger partial charge in [-0.1, -0.05) is 6.07 Å². The standard InChI is InChI=1S/C15H20N2O/c1-16(2)10-7-8-12-11(9-10)15-13(17(12)3)5-4-6-14(15)18/h4-6,10,18H,7-9H2,1-3H3. The van der Waals surface area contributed by atoms with Crippen molar-refractivity contribution in [1.82, 2.24) is 9.47 Å². The first kappa shape index (κ1) is 11.6. The fourth-order valence-electron chi connectivity index (χ4n) is 3.23. The molecule has 1 heterocycles. The van der Waals surface area contributed by atoms with Crippen molar-refractivity contribution in [2.24, 2.45) is 7.05 Å². The SMILES string of the molecule is CN(C)C1CCc2c(c3c(O)cccc3n2C)C1. The van der Waals surface area contributed by atoms with Gasteiger partial charge in [0.05, 0.1) is 5.52 Å². The lowest BCUT2D eigenvalue weighted by atomic mass is 9.90. The number of phenols is 1. The zero-order valence-electron chi connectivity index (χ0n) is 11.3. The molecule has 0 spiro atoms. The van der Waals surface area contributed by atoms with Crippen LogP contribution in [-0.2, 0) is 19.9 Å². The van der Waals surface area contributed by atoms with E-state index in [1.54, 1.807) is 6.07 Å². The highest BCUT2D eigenvalue weighted by molar-refractivity contribution is 5.91. The largest absolute Gasteiger partial charge is 0.507 e. The second-order valence-corrected chi connectivity index (χ2v) is 5.52. The molecule has 1 N–H and O–H groups in total. The molecule has 1 aromatic carbocycles. The molecule has 0 saturated heterocycles. The minimum absolute atomic E-state index is 0.420. The van der Waals surface area contributed by atoms with Crippen molar-refractivity contribution in [2.45, 2.75) is 25.3 Å². The summed E-state index contributed by atoms with van der Waals surface area (Å²) in [7, 11) is 6.39. The summed E-state index contributed by atoms with van der Waals surface area (Å²) in [6, 6.07) is 6.40. The number of aromatic nitrogens is 1. The van der Waals surface area contributed by atoms with Crippen molar-refractivity contribution in [3.05, 3.63) is 29.5 Å². The van der Waals surface area contributed by atoms with E-state index in [2.05, 4.69) is 36.7 Å². The third-order valence-corrected chi connectivity index (χ3v) is 4.32. The first-order valence-corrected chi connectivity index (χ1v) is 6.54. The molecular weight excluding hydrogens is 224 g/mol. The van der Waals surface area contributed by atoms with E-state index in [1.807, 2.05) is 6.07 Å². The lowest BCUT2D eigenvalue weighted by molar-refractivity contribution is 0.267. The molecule has 1 aliphatic carbocycles. The van der Waals surface area contributed by atoms with E-state index in [4.69, 9.17) is 0 Å². The van der Waals surface area contributed by atoms with Gasteiger partial charge in [-0.2, -0.15) is 0 Å². The molecule has 3 rings (SSSR count). The summed E-state index contributed by atoms with van der Waals surface area (Å²) in [6.07, 6.45) is 3.34. The molecule has 0 radical (unpaired) electrons. The molecule has 1 unspecified atom stereocenters. The Morgan fingerprint density at radius 1 is 1.33 bits per heavy atom. The molecule has 0 aliphatic heterocycles.